The van der Waals surface area contributed by atoms with Crippen molar-refractivity contribution in [3.63, 3.8) is 0 Å². The van der Waals surface area contributed by atoms with Crippen molar-refractivity contribution in [1.29, 1.82) is 0 Å². The molecule has 0 bridgehead atoms. The van der Waals surface area contributed by atoms with E-state index in [9.17, 15) is 4.79 Å². The van der Waals surface area contributed by atoms with E-state index in [2.05, 4.69) is 31.1 Å². The molecule has 0 saturated carbocycles. The number of primary amides is 1. The van der Waals surface area contributed by atoms with Crippen molar-refractivity contribution < 1.29 is 4.79 Å². The van der Waals surface area contributed by atoms with Gasteiger partial charge in [-0.2, -0.15) is 0 Å². The van der Waals surface area contributed by atoms with E-state index >= 15 is 0 Å². The third-order valence-electron chi connectivity index (χ3n) is 2.83. The minimum atomic E-state index is -0.572. The van der Waals surface area contributed by atoms with E-state index in [0.29, 0.717) is 6.54 Å². The van der Waals surface area contributed by atoms with E-state index in [0.717, 1.165) is 12.2 Å². The van der Waals surface area contributed by atoms with Crippen molar-refractivity contribution in [3.8, 4) is 0 Å². The zero-order chi connectivity index (χ0) is 14.0. The van der Waals surface area contributed by atoms with Crippen LogP contribution >= 0.6 is 0 Å². The third-order valence-corrected chi connectivity index (χ3v) is 2.83. The van der Waals surface area contributed by atoms with Crippen LogP contribution in [0.15, 0.2) is 12.5 Å². The first-order valence-corrected chi connectivity index (χ1v) is 6.16. The summed E-state index contributed by atoms with van der Waals surface area (Å²) in [5.41, 5.74) is 5.92. The standard InChI is InChI=1S/C13H24N4O/c1-12(2,3)16-7-10-6-15-9-17(10)8-13(4,5)11(14)18/h6,9,16H,7-8H2,1-5H3,(H2,14,18). The van der Waals surface area contributed by atoms with Gasteiger partial charge in [0.1, 0.15) is 0 Å². The van der Waals surface area contributed by atoms with Crippen molar-refractivity contribution in [2.24, 2.45) is 11.1 Å². The summed E-state index contributed by atoms with van der Waals surface area (Å²) < 4.78 is 1.98. The van der Waals surface area contributed by atoms with E-state index < -0.39 is 5.41 Å². The molecule has 0 aliphatic rings. The van der Waals surface area contributed by atoms with E-state index in [1.54, 1.807) is 6.33 Å². The zero-order valence-electron chi connectivity index (χ0n) is 11.9. The van der Waals surface area contributed by atoms with Crippen LogP contribution in [-0.2, 0) is 17.9 Å². The number of hydrogen-bond acceptors (Lipinski definition) is 3. The van der Waals surface area contributed by atoms with Crippen molar-refractivity contribution >= 4 is 5.91 Å². The molecule has 1 rings (SSSR count). The first kappa shape index (κ1) is 14.7. The molecule has 5 nitrogen and oxygen atoms in total. The van der Waals surface area contributed by atoms with Gasteiger partial charge < -0.3 is 15.6 Å². The average molecular weight is 252 g/mol. The molecule has 3 N–H and O–H groups in total. The number of hydrogen-bond donors (Lipinski definition) is 2. The summed E-state index contributed by atoms with van der Waals surface area (Å²) >= 11 is 0. The Morgan fingerprint density at radius 1 is 1.39 bits per heavy atom. The lowest BCUT2D eigenvalue weighted by molar-refractivity contribution is -0.126. The predicted molar refractivity (Wildman–Crippen MR) is 71.8 cm³/mol. The van der Waals surface area contributed by atoms with E-state index in [1.807, 2.05) is 24.6 Å². The molecule has 1 aromatic heterocycles. The Bertz CT molecular complexity index is 415. The fraction of sp³-hybridized carbons (Fsp3) is 0.692. The molecule has 0 aromatic carbocycles. The predicted octanol–water partition coefficient (Wildman–Crippen LogP) is 1.28. The SMILES string of the molecule is CC(C)(C)NCc1cncn1CC(C)(C)C(N)=O. The average Bonchev–Trinajstić information content (AvgIpc) is 2.60. The number of nitrogens with two attached hydrogens (primary N) is 1. The van der Waals surface area contributed by atoms with E-state index in [-0.39, 0.29) is 11.4 Å². The van der Waals surface area contributed by atoms with Crippen LogP contribution in [0.5, 0.6) is 0 Å². The topological polar surface area (TPSA) is 72.9 Å². The number of nitrogens with zero attached hydrogens (tertiary/aromatic N) is 2. The highest BCUT2D eigenvalue weighted by molar-refractivity contribution is 5.79. The molecule has 5 heteroatoms. The minimum absolute atomic E-state index is 0.0499. The molecule has 0 radical (unpaired) electrons. The quantitative estimate of drug-likeness (QED) is 0.829. The van der Waals surface area contributed by atoms with Gasteiger partial charge in [-0.05, 0) is 34.6 Å². The maximum absolute atomic E-state index is 11.3. The summed E-state index contributed by atoms with van der Waals surface area (Å²) in [5, 5.41) is 3.40. The van der Waals surface area contributed by atoms with Crippen LogP contribution in [0.4, 0.5) is 0 Å². The molecule has 0 saturated heterocycles. The molecule has 0 aliphatic carbocycles. The molecule has 0 aliphatic heterocycles. The second-order valence-electron chi connectivity index (χ2n) is 6.36. The highest BCUT2D eigenvalue weighted by Crippen LogP contribution is 2.18. The molecule has 1 amide bonds. The fourth-order valence-corrected chi connectivity index (χ4v) is 1.50. The van der Waals surface area contributed by atoms with Gasteiger partial charge in [0.2, 0.25) is 5.91 Å². The van der Waals surface area contributed by atoms with Crippen LogP contribution in [0, 0.1) is 5.41 Å². The summed E-state index contributed by atoms with van der Waals surface area (Å²) in [6.45, 7) is 11.3. The van der Waals surface area contributed by atoms with Crippen LogP contribution in [0.3, 0.4) is 0 Å². The van der Waals surface area contributed by atoms with Crippen LogP contribution in [-0.4, -0.2) is 21.0 Å². The maximum atomic E-state index is 11.3. The number of carbonyl (C=O) groups excluding carboxylic acids is 1. The van der Waals surface area contributed by atoms with Gasteiger partial charge in [0, 0.05) is 24.8 Å². The largest absolute Gasteiger partial charge is 0.369 e. The summed E-state index contributed by atoms with van der Waals surface area (Å²) in [6, 6.07) is 0. The van der Waals surface area contributed by atoms with Crippen molar-refractivity contribution in [2.75, 3.05) is 0 Å². The van der Waals surface area contributed by atoms with E-state index in [1.165, 1.54) is 0 Å². The van der Waals surface area contributed by atoms with Gasteiger partial charge in [0.05, 0.1) is 17.4 Å². The number of carbonyl (C=O) groups is 1. The van der Waals surface area contributed by atoms with Gasteiger partial charge in [0.15, 0.2) is 0 Å². The summed E-state index contributed by atoms with van der Waals surface area (Å²) in [4.78, 5) is 15.5. The molecule has 0 spiro atoms. The zero-order valence-corrected chi connectivity index (χ0v) is 11.9. The van der Waals surface area contributed by atoms with Gasteiger partial charge in [-0.25, -0.2) is 4.98 Å². The molecule has 18 heavy (non-hydrogen) atoms. The van der Waals surface area contributed by atoms with Crippen LogP contribution < -0.4 is 11.1 Å². The van der Waals surface area contributed by atoms with Crippen molar-refractivity contribution in [1.82, 2.24) is 14.9 Å². The molecular formula is C13H24N4O. The van der Waals surface area contributed by atoms with Crippen molar-refractivity contribution in [2.45, 2.75) is 53.2 Å². The molecule has 1 heterocycles. The molecule has 0 fully saturated rings. The lowest BCUT2D eigenvalue weighted by Crippen LogP contribution is -2.38. The number of aromatic nitrogens is 2. The molecule has 102 valence electrons. The maximum Gasteiger partial charge on any atom is 0.224 e. The Kier molecular flexibility index (Phi) is 4.16. The summed E-state index contributed by atoms with van der Waals surface area (Å²) in [7, 11) is 0. The first-order valence-electron chi connectivity index (χ1n) is 6.16. The van der Waals surface area contributed by atoms with Gasteiger partial charge in [-0.3, -0.25) is 4.79 Å². The highest BCUT2D eigenvalue weighted by atomic mass is 16.1. The summed E-state index contributed by atoms with van der Waals surface area (Å²) in [6.07, 6.45) is 3.56. The molecular weight excluding hydrogens is 228 g/mol. The number of rotatable bonds is 5. The lowest BCUT2D eigenvalue weighted by atomic mass is 9.92. The molecule has 1 aromatic rings. The Hall–Kier alpha value is -1.36. The second-order valence-corrected chi connectivity index (χ2v) is 6.36. The van der Waals surface area contributed by atoms with Gasteiger partial charge in [-0.15, -0.1) is 0 Å². The minimum Gasteiger partial charge on any atom is -0.369 e. The molecule has 0 atom stereocenters. The number of nitrogens with one attached hydrogen (secondary N) is 1. The number of imidazole rings is 1. The Labute approximate surface area is 109 Å². The first-order chi connectivity index (χ1) is 8.12. The number of amides is 1. The third kappa shape index (κ3) is 4.14. The van der Waals surface area contributed by atoms with Crippen LogP contribution in [0.1, 0.15) is 40.3 Å². The van der Waals surface area contributed by atoms with Crippen LogP contribution in [0.2, 0.25) is 0 Å². The van der Waals surface area contributed by atoms with Gasteiger partial charge >= 0.3 is 0 Å². The Morgan fingerprint density at radius 2 is 2.00 bits per heavy atom. The smallest absolute Gasteiger partial charge is 0.224 e. The monoisotopic (exact) mass is 252 g/mol. The Balaban J connectivity index is 2.74. The van der Waals surface area contributed by atoms with Gasteiger partial charge in [-0.1, -0.05) is 0 Å². The fourth-order valence-electron chi connectivity index (χ4n) is 1.50. The van der Waals surface area contributed by atoms with Crippen LogP contribution in [0.25, 0.3) is 0 Å². The lowest BCUT2D eigenvalue weighted by Gasteiger charge is -2.24. The normalized spacial score (nSPS) is 12.7. The van der Waals surface area contributed by atoms with E-state index in [4.69, 9.17) is 5.73 Å². The highest BCUT2D eigenvalue weighted by Gasteiger charge is 2.26. The second kappa shape index (κ2) is 5.10. The van der Waals surface area contributed by atoms with Gasteiger partial charge in [0.25, 0.3) is 0 Å². The molecule has 0 unspecified atom stereocenters. The Morgan fingerprint density at radius 3 is 2.50 bits per heavy atom. The summed E-state index contributed by atoms with van der Waals surface area (Å²) in [5.74, 6) is -0.300. The van der Waals surface area contributed by atoms with Crippen molar-refractivity contribution in [3.05, 3.63) is 18.2 Å².